The lowest BCUT2D eigenvalue weighted by atomic mass is 9.95. The van der Waals surface area contributed by atoms with Crippen LogP contribution in [0.15, 0.2) is 66.1 Å². The van der Waals surface area contributed by atoms with Gasteiger partial charge in [-0.05, 0) is 31.5 Å². The standard InChI is InChI=1S/C22H19N3O3S/c1-13-21(29-14(2)24-13)19(26)17-18(15-8-4-3-5-9-15)25(22(28)20(17)27)12-16-10-6-7-11-23-16/h3-11,18,27H,12H2,1-2H3. The van der Waals surface area contributed by atoms with Crippen molar-refractivity contribution < 1.29 is 14.7 Å². The van der Waals surface area contributed by atoms with Crippen LogP contribution in [0.1, 0.15) is 37.7 Å². The summed E-state index contributed by atoms with van der Waals surface area (Å²) in [7, 11) is 0. The molecule has 1 N–H and O–H groups in total. The van der Waals surface area contributed by atoms with Gasteiger partial charge >= 0.3 is 0 Å². The Bertz CT molecular complexity index is 1110. The zero-order valence-electron chi connectivity index (χ0n) is 16.0. The van der Waals surface area contributed by atoms with E-state index >= 15 is 0 Å². The molecule has 1 aromatic carbocycles. The number of hydrogen-bond donors (Lipinski definition) is 1. The maximum absolute atomic E-state index is 13.4. The highest BCUT2D eigenvalue weighted by atomic mass is 32.1. The number of aliphatic hydroxyl groups excluding tert-OH is 1. The van der Waals surface area contributed by atoms with E-state index < -0.39 is 17.7 Å². The van der Waals surface area contributed by atoms with Gasteiger partial charge in [0.05, 0.1) is 39.4 Å². The van der Waals surface area contributed by atoms with Crippen LogP contribution in [0, 0.1) is 13.8 Å². The second kappa shape index (κ2) is 7.60. The van der Waals surface area contributed by atoms with Crippen molar-refractivity contribution in [1.82, 2.24) is 14.9 Å². The van der Waals surface area contributed by atoms with Gasteiger partial charge in [-0.25, -0.2) is 4.98 Å². The zero-order chi connectivity index (χ0) is 20.5. The number of ketones is 1. The van der Waals surface area contributed by atoms with Gasteiger partial charge in [-0.3, -0.25) is 14.6 Å². The number of aryl methyl sites for hydroxylation is 2. The molecule has 1 atom stereocenters. The summed E-state index contributed by atoms with van der Waals surface area (Å²) in [5, 5.41) is 11.5. The number of carbonyl (C=O) groups excluding carboxylic acids is 2. The maximum atomic E-state index is 13.4. The molecular weight excluding hydrogens is 386 g/mol. The molecule has 3 aromatic rings. The first-order valence-electron chi connectivity index (χ1n) is 9.15. The van der Waals surface area contributed by atoms with Gasteiger partial charge in [0.25, 0.3) is 5.91 Å². The molecule has 0 spiro atoms. The van der Waals surface area contributed by atoms with Crippen LogP contribution in [-0.2, 0) is 11.3 Å². The summed E-state index contributed by atoms with van der Waals surface area (Å²) in [6, 6.07) is 14.0. The molecule has 0 saturated carbocycles. The fourth-order valence-corrected chi connectivity index (χ4v) is 4.44. The van der Waals surface area contributed by atoms with E-state index in [1.54, 1.807) is 19.2 Å². The van der Waals surface area contributed by atoms with E-state index in [-0.39, 0.29) is 17.9 Å². The van der Waals surface area contributed by atoms with Crippen LogP contribution >= 0.6 is 11.3 Å². The van der Waals surface area contributed by atoms with Crippen molar-refractivity contribution in [3.05, 3.63) is 92.9 Å². The largest absolute Gasteiger partial charge is 0.503 e. The molecule has 1 aliphatic rings. The highest BCUT2D eigenvalue weighted by Crippen LogP contribution is 2.40. The second-order valence-electron chi connectivity index (χ2n) is 6.81. The zero-order valence-corrected chi connectivity index (χ0v) is 16.8. The van der Waals surface area contributed by atoms with Gasteiger partial charge < -0.3 is 10.0 Å². The molecule has 7 heteroatoms. The first-order valence-corrected chi connectivity index (χ1v) is 9.96. The first kappa shape index (κ1) is 19.0. The number of nitrogens with zero attached hydrogens (tertiary/aromatic N) is 3. The monoisotopic (exact) mass is 405 g/mol. The third kappa shape index (κ3) is 3.45. The SMILES string of the molecule is Cc1nc(C)c(C(=O)C2=C(O)C(=O)N(Cc3ccccn3)C2c2ccccc2)s1. The molecule has 0 bridgehead atoms. The summed E-state index contributed by atoms with van der Waals surface area (Å²) in [5.41, 5.74) is 2.11. The Morgan fingerprint density at radius 2 is 1.86 bits per heavy atom. The molecule has 6 nitrogen and oxygen atoms in total. The van der Waals surface area contributed by atoms with Crippen LogP contribution in [0.25, 0.3) is 0 Å². The van der Waals surface area contributed by atoms with Crippen LogP contribution in [0.2, 0.25) is 0 Å². The quantitative estimate of drug-likeness (QED) is 0.650. The summed E-state index contributed by atoms with van der Waals surface area (Å²) >= 11 is 1.27. The van der Waals surface area contributed by atoms with Crippen molar-refractivity contribution in [1.29, 1.82) is 0 Å². The molecule has 29 heavy (non-hydrogen) atoms. The highest BCUT2D eigenvalue weighted by molar-refractivity contribution is 7.14. The van der Waals surface area contributed by atoms with E-state index in [1.165, 1.54) is 16.2 Å². The predicted molar refractivity (Wildman–Crippen MR) is 110 cm³/mol. The molecule has 146 valence electrons. The highest BCUT2D eigenvalue weighted by Gasteiger charge is 2.44. The molecule has 4 rings (SSSR count). The number of pyridine rings is 1. The van der Waals surface area contributed by atoms with E-state index in [9.17, 15) is 14.7 Å². The normalized spacial score (nSPS) is 16.6. The molecule has 2 aromatic heterocycles. The predicted octanol–water partition coefficient (Wildman–Crippen LogP) is 3.93. The topological polar surface area (TPSA) is 83.4 Å². The van der Waals surface area contributed by atoms with Crippen LogP contribution in [0.4, 0.5) is 0 Å². The average molecular weight is 405 g/mol. The smallest absolute Gasteiger partial charge is 0.290 e. The lowest BCUT2D eigenvalue weighted by molar-refractivity contribution is -0.130. The number of Topliss-reactive ketones (excluding diaryl/α,β-unsaturated/α-hetero) is 1. The van der Waals surface area contributed by atoms with Crippen molar-refractivity contribution >= 4 is 23.0 Å². The van der Waals surface area contributed by atoms with E-state index in [0.717, 1.165) is 10.6 Å². The van der Waals surface area contributed by atoms with Gasteiger partial charge in [0.2, 0.25) is 5.78 Å². The summed E-state index contributed by atoms with van der Waals surface area (Å²) in [4.78, 5) is 36.9. The van der Waals surface area contributed by atoms with Gasteiger partial charge in [-0.15, -0.1) is 11.3 Å². The number of aromatic nitrogens is 2. The lowest BCUT2D eigenvalue weighted by Gasteiger charge is -2.26. The van der Waals surface area contributed by atoms with Gasteiger partial charge in [0.15, 0.2) is 5.76 Å². The number of aliphatic hydroxyl groups is 1. The van der Waals surface area contributed by atoms with Gasteiger partial charge in [0, 0.05) is 6.20 Å². The van der Waals surface area contributed by atoms with Crippen LogP contribution < -0.4 is 0 Å². The minimum absolute atomic E-state index is 0.0869. The first-order chi connectivity index (χ1) is 14.0. The van der Waals surface area contributed by atoms with Gasteiger partial charge in [-0.1, -0.05) is 36.4 Å². The number of carbonyl (C=O) groups is 2. The molecule has 1 unspecified atom stereocenters. The number of rotatable bonds is 5. The Morgan fingerprint density at radius 3 is 2.48 bits per heavy atom. The van der Waals surface area contributed by atoms with Gasteiger partial charge in [0.1, 0.15) is 0 Å². The van der Waals surface area contributed by atoms with Crippen LogP contribution in [0.5, 0.6) is 0 Å². The summed E-state index contributed by atoms with van der Waals surface area (Å²) in [6.07, 6.45) is 1.65. The lowest BCUT2D eigenvalue weighted by Crippen LogP contribution is -2.31. The Balaban J connectivity index is 1.81. The minimum atomic E-state index is -0.694. The third-order valence-electron chi connectivity index (χ3n) is 4.83. The molecule has 0 radical (unpaired) electrons. The number of amides is 1. The molecule has 0 fully saturated rings. The second-order valence-corrected chi connectivity index (χ2v) is 8.01. The minimum Gasteiger partial charge on any atom is -0.503 e. The number of thiazole rings is 1. The van der Waals surface area contributed by atoms with E-state index in [1.807, 2.05) is 49.4 Å². The number of benzene rings is 1. The Labute approximate surface area is 172 Å². The molecule has 0 saturated heterocycles. The molecular formula is C22H19N3O3S. The Hall–Kier alpha value is -3.32. The van der Waals surface area contributed by atoms with Crippen molar-refractivity contribution in [2.45, 2.75) is 26.4 Å². The van der Waals surface area contributed by atoms with Crippen molar-refractivity contribution in [3.8, 4) is 0 Å². The molecule has 3 heterocycles. The van der Waals surface area contributed by atoms with E-state index in [4.69, 9.17) is 0 Å². The van der Waals surface area contributed by atoms with Crippen molar-refractivity contribution in [3.63, 3.8) is 0 Å². The molecule has 1 aliphatic heterocycles. The molecule has 1 amide bonds. The Morgan fingerprint density at radius 1 is 1.14 bits per heavy atom. The van der Waals surface area contributed by atoms with Gasteiger partial charge in [-0.2, -0.15) is 0 Å². The third-order valence-corrected chi connectivity index (χ3v) is 5.90. The summed E-state index contributed by atoms with van der Waals surface area (Å²) in [6.45, 7) is 3.76. The Kier molecular flexibility index (Phi) is 4.98. The van der Waals surface area contributed by atoms with E-state index in [0.29, 0.717) is 16.3 Å². The average Bonchev–Trinajstić information content (AvgIpc) is 3.19. The van der Waals surface area contributed by atoms with E-state index in [2.05, 4.69) is 9.97 Å². The fourth-order valence-electron chi connectivity index (χ4n) is 3.56. The fraction of sp³-hybridized carbons (Fsp3) is 0.182. The molecule has 0 aliphatic carbocycles. The summed E-state index contributed by atoms with van der Waals surface area (Å²) in [5.74, 6) is -1.45. The maximum Gasteiger partial charge on any atom is 0.290 e. The number of hydrogen-bond acceptors (Lipinski definition) is 6. The summed E-state index contributed by atoms with van der Waals surface area (Å²) < 4.78 is 0. The van der Waals surface area contributed by atoms with Crippen molar-refractivity contribution in [2.24, 2.45) is 0 Å². The van der Waals surface area contributed by atoms with Crippen LogP contribution in [-0.4, -0.2) is 31.7 Å². The van der Waals surface area contributed by atoms with Crippen molar-refractivity contribution in [2.75, 3.05) is 0 Å². The van der Waals surface area contributed by atoms with Crippen LogP contribution in [0.3, 0.4) is 0 Å².